The molecule has 0 amide bonds. The van der Waals surface area contributed by atoms with Gasteiger partial charge in [-0.25, -0.2) is 0 Å². The third-order valence-electron chi connectivity index (χ3n) is 3.51. The van der Waals surface area contributed by atoms with Crippen LogP contribution in [0.15, 0.2) is 0 Å². The van der Waals surface area contributed by atoms with Gasteiger partial charge in [0.15, 0.2) is 0 Å². The Hall–Kier alpha value is -1.18. The van der Waals surface area contributed by atoms with E-state index >= 15 is 0 Å². The predicted molar refractivity (Wildman–Crippen MR) is 60.7 cm³/mol. The highest BCUT2D eigenvalue weighted by molar-refractivity contribution is 5.58. The number of ether oxygens (including phenoxy) is 1. The van der Waals surface area contributed by atoms with Crippen molar-refractivity contribution in [3.05, 3.63) is 22.3 Å². The van der Waals surface area contributed by atoms with Gasteiger partial charge in [0.2, 0.25) is 0 Å². The van der Waals surface area contributed by atoms with E-state index in [0.717, 1.165) is 35.3 Å². The summed E-state index contributed by atoms with van der Waals surface area (Å²) in [4.78, 5) is 0. The first kappa shape index (κ1) is 10.3. The van der Waals surface area contributed by atoms with Gasteiger partial charge in [-0.3, -0.25) is 0 Å². The molecule has 82 valence electrons. The van der Waals surface area contributed by atoms with Crippen LogP contribution in [-0.2, 0) is 6.42 Å². The van der Waals surface area contributed by atoms with Gasteiger partial charge in [-0.05, 0) is 43.9 Å². The number of aromatic hydroxyl groups is 1. The Labute approximate surface area is 90.9 Å². The summed E-state index contributed by atoms with van der Waals surface area (Å²) in [6.45, 7) is 8.07. The van der Waals surface area contributed by atoms with Crippen LogP contribution >= 0.6 is 0 Å². The molecule has 2 rings (SSSR count). The molecule has 1 heterocycles. The average molecular weight is 206 g/mol. The lowest BCUT2D eigenvalue weighted by Crippen LogP contribution is -2.10. The fourth-order valence-corrected chi connectivity index (χ4v) is 2.24. The first-order chi connectivity index (χ1) is 7.06. The van der Waals surface area contributed by atoms with Gasteiger partial charge < -0.3 is 9.84 Å². The standard InChI is InChI=1S/C13H18O2/c1-5-10-6-11-9(4)12(14)7(2)8(3)13(11)15-10/h10,14H,5-6H2,1-4H3. The molecular formula is C13H18O2. The van der Waals surface area contributed by atoms with Gasteiger partial charge in [-0.2, -0.15) is 0 Å². The van der Waals surface area contributed by atoms with Crippen LogP contribution in [0.4, 0.5) is 0 Å². The highest BCUT2D eigenvalue weighted by atomic mass is 16.5. The van der Waals surface area contributed by atoms with E-state index in [1.807, 2.05) is 20.8 Å². The molecule has 0 spiro atoms. The third-order valence-corrected chi connectivity index (χ3v) is 3.51. The van der Waals surface area contributed by atoms with Crippen LogP contribution in [0.2, 0.25) is 0 Å². The molecule has 0 aliphatic carbocycles. The Bertz CT molecular complexity index is 371. The fraction of sp³-hybridized carbons (Fsp3) is 0.538. The minimum absolute atomic E-state index is 0.290. The Morgan fingerprint density at radius 3 is 2.47 bits per heavy atom. The van der Waals surface area contributed by atoms with E-state index in [9.17, 15) is 5.11 Å². The van der Waals surface area contributed by atoms with Crippen molar-refractivity contribution in [1.29, 1.82) is 0 Å². The molecule has 1 aliphatic heterocycles. The summed E-state index contributed by atoms with van der Waals surface area (Å²) in [5.74, 6) is 1.45. The van der Waals surface area contributed by atoms with Crippen LogP contribution < -0.4 is 4.74 Å². The van der Waals surface area contributed by atoms with Gasteiger partial charge in [-0.1, -0.05) is 6.92 Å². The molecule has 2 heteroatoms. The van der Waals surface area contributed by atoms with Crippen molar-refractivity contribution < 1.29 is 9.84 Å². The summed E-state index contributed by atoms with van der Waals surface area (Å²) in [6, 6.07) is 0. The van der Waals surface area contributed by atoms with Crippen LogP contribution in [0.1, 0.15) is 35.6 Å². The van der Waals surface area contributed by atoms with Crippen molar-refractivity contribution in [3.63, 3.8) is 0 Å². The largest absolute Gasteiger partial charge is 0.507 e. The van der Waals surface area contributed by atoms with Crippen LogP contribution in [0.25, 0.3) is 0 Å². The summed E-state index contributed by atoms with van der Waals surface area (Å²) in [6.07, 6.45) is 2.25. The van der Waals surface area contributed by atoms with Crippen molar-refractivity contribution in [2.45, 2.75) is 46.6 Å². The normalized spacial score (nSPS) is 18.8. The SMILES string of the molecule is CCC1Cc2c(C)c(O)c(C)c(C)c2O1. The molecule has 0 aromatic heterocycles. The lowest BCUT2D eigenvalue weighted by molar-refractivity contribution is 0.227. The van der Waals surface area contributed by atoms with Gasteiger partial charge in [-0.15, -0.1) is 0 Å². The van der Waals surface area contributed by atoms with Crippen molar-refractivity contribution in [1.82, 2.24) is 0 Å². The van der Waals surface area contributed by atoms with Gasteiger partial charge in [0.1, 0.15) is 17.6 Å². The average Bonchev–Trinajstić information content (AvgIpc) is 2.67. The van der Waals surface area contributed by atoms with Crippen LogP contribution in [-0.4, -0.2) is 11.2 Å². The Morgan fingerprint density at radius 2 is 1.87 bits per heavy atom. The summed E-state index contributed by atoms with van der Waals surface area (Å²) in [5.41, 5.74) is 4.22. The molecule has 1 aromatic carbocycles. The van der Waals surface area contributed by atoms with Gasteiger partial charge >= 0.3 is 0 Å². The van der Waals surface area contributed by atoms with Crippen molar-refractivity contribution >= 4 is 0 Å². The number of phenolic OH excluding ortho intramolecular Hbond substituents is 1. The number of phenols is 1. The van der Waals surface area contributed by atoms with E-state index in [4.69, 9.17) is 4.74 Å². The van der Waals surface area contributed by atoms with Gasteiger partial charge in [0.25, 0.3) is 0 Å². The zero-order valence-electron chi connectivity index (χ0n) is 9.85. The summed E-state index contributed by atoms with van der Waals surface area (Å²) in [5, 5.41) is 9.95. The maximum absolute atomic E-state index is 9.95. The molecule has 1 N–H and O–H groups in total. The van der Waals surface area contributed by atoms with E-state index in [-0.39, 0.29) is 0 Å². The fourth-order valence-electron chi connectivity index (χ4n) is 2.24. The van der Waals surface area contributed by atoms with Crippen molar-refractivity contribution in [2.75, 3.05) is 0 Å². The van der Waals surface area contributed by atoms with Crippen molar-refractivity contribution in [2.24, 2.45) is 0 Å². The van der Waals surface area contributed by atoms with Crippen LogP contribution in [0.5, 0.6) is 11.5 Å². The smallest absolute Gasteiger partial charge is 0.126 e. The second-order valence-electron chi connectivity index (χ2n) is 4.38. The number of hydrogen-bond acceptors (Lipinski definition) is 2. The van der Waals surface area contributed by atoms with E-state index in [0.29, 0.717) is 11.9 Å². The van der Waals surface area contributed by atoms with E-state index in [2.05, 4.69) is 6.92 Å². The molecule has 1 aromatic rings. The second kappa shape index (κ2) is 3.44. The molecule has 1 unspecified atom stereocenters. The number of fused-ring (bicyclic) bond motifs is 1. The molecule has 0 bridgehead atoms. The van der Waals surface area contributed by atoms with Crippen LogP contribution in [0.3, 0.4) is 0 Å². The van der Waals surface area contributed by atoms with E-state index in [1.54, 1.807) is 0 Å². The molecular weight excluding hydrogens is 188 g/mol. The Kier molecular flexibility index (Phi) is 2.37. The number of benzene rings is 1. The minimum Gasteiger partial charge on any atom is -0.507 e. The molecule has 0 fully saturated rings. The molecule has 0 radical (unpaired) electrons. The molecule has 0 saturated carbocycles. The van der Waals surface area contributed by atoms with E-state index < -0.39 is 0 Å². The minimum atomic E-state index is 0.290. The van der Waals surface area contributed by atoms with Crippen LogP contribution in [0, 0.1) is 20.8 Å². The zero-order valence-corrected chi connectivity index (χ0v) is 9.85. The van der Waals surface area contributed by atoms with Crippen molar-refractivity contribution in [3.8, 4) is 11.5 Å². The molecule has 15 heavy (non-hydrogen) atoms. The Balaban J connectivity index is 2.59. The highest BCUT2D eigenvalue weighted by Gasteiger charge is 2.27. The number of hydrogen-bond donors (Lipinski definition) is 1. The lowest BCUT2D eigenvalue weighted by atomic mass is 9.96. The maximum atomic E-state index is 9.95. The highest BCUT2D eigenvalue weighted by Crippen LogP contribution is 2.42. The third kappa shape index (κ3) is 1.39. The predicted octanol–water partition coefficient (Wildman–Crippen LogP) is 3.03. The zero-order chi connectivity index (χ0) is 11.2. The maximum Gasteiger partial charge on any atom is 0.126 e. The summed E-state index contributed by atoms with van der Waals surface area (Å²) in [7, 11) is 0. The second-order valence-corrected chi connectivity index (χ2v) is 4.38. The molecule has 1 atom stereocenters. The monoisotopic (exact) mass is 206 g/mol. The van der Waals surface area contributed by atoms with Gasteiger partial charge in [0, 0.05) is 12.0 Å². The topological polar surface area (TPSA) is 29.5 Å². The summed E-state index contributed by atoms with van der Waals surface area (Å²) >= 11 is 0. The quantitative estimate of drug-likeness (QED) is 0.765. The molecule has 1 aliphatic rings. The molecule has 0 saturated heterocycles. The first-order valence-electron chi connectivity index (χ1n) is 5.54. The lowest BCUT2D eigenvalue weighted by Gasteiger charge is -2.13. The van der Waals surface area contributed by atoms with Gasteiger partial charge in [0.05, 0.1) is 0 Å². The summed E-state index contributed by atoms with van der Waals surface area (Å²) < 4.78 is 5.89. The number of rotatable bonds is 1. The Morgan fingerprint density at radius 1 is 1.20 bits per heavy atom. The molecule has 2 nitrogen and oxygen atoms in total. The van der Waals surface area contributed by atoms with E-state index in [1.165, 1.54) is 5.56 Å². The first-order valence-corrected chi connectivity index (χ1v) is 5.54.